The van der Waals surface area contributed by atoms with Gasteiger partial charge in [0, 0.05) is 29.5 Å². The van der Waals surface area contributed by atoms with Crippen LogP contribution in [0.4, 0.5) is 9.59 Å². The van der Waals surface area contributed by atoms with E-state index in [1.54, 1.807) is 27.7 Å². The van der Waals surface area contributed by atoms with E-state index in [9.17, 15) is 24.3 Å². The molecule has 2 rings (SSSR count). The maximum absolute atomic E-state index is 13.1. The van der Waals surface area contributed by atoms with Crippen LogP contribution in [0.3, 0.4) is 0 Å². The number of alkyl carbamates (subject to hydrolysis) is 2. The topological polar surface area (TPSA) is 162 Å². The molecule has 13 heteroatoms. The van der Waals surface area contributed by atoms with Gasteiger partial charge in [0.05, 0.1) is 18.4 Å². The number of hydrogen-bond acceptors (Lipinski definition) is 10. The Morgan fingerprint density at radius 3 is 2.65 bits per heavy atom. The van der Waals surface area contributed by atoms with Crippen LogP contribution >= 0.6 is 11.8 Å². The highest BCUT2D eigenvalue weighted by Gasteiger charge is 2.31. The van der Waals surface area contributed by atoms with Gasteiger partial charge in [-0.1, -0.05) is 6.08 Å². The van der Waals surface area contributed by atoms with E-state index in [-0.39, 0.29) is 40.7 Å². The van der Waals surface area contributed by atoms with E-state index in [4.69, 9.17) is 18.9 Å². The van der Waals surface area contributed by atoms with Gasteiger partial charge in [-0.25, -0.2) is 14.4 Å². The zero-order chi connectivity index (χ0) is 27.8. The van der Waals surface area contributed by atoms with Crippen molar-refractivity contribution >= 4 is 35.8 Å². The van der Waals surface area contributed by atoms with E-state index in [1.165, 1.54) is 31.0 Å². The number of hydrogen-bond donors (Lipinski definition) is 4. The second-order valence-corrected chi connectivity index (χ2v) is 9.99. The number of nitrogens with one attached hydrogen (secondary N) is 3. The van der Waals surface area contributed by atoms with Gasteiger partial charge in [-0.15, -0.1) is 6.58 Å². The molecule has 0 bridgehead atoms. The lowest BCUT2D eigenvalue weighted by Crippen LogP contribution is -2.54. The summed E-state index contributed by atoms with van der Waals surface area (Å²) in [6.07, 6.45) is -1.38. The molecule has 12 nitrogen and oxygen atoms in total. The maximum atomic E-state index is 13.1. The number of phenolic OH excluding ortho intramolecular Hbond substituents is 1. The number of carbonyl (C=O) groups is 4. The van der Waals surface area contributed by atoms with Crippen LogP contribution in [0.15, 0.2) is 18.7 Å². The number of aromatic hydroxyl groups is 1. The van der Waals surface area contributed by atoms with Crippen molar-refractivity contribution in [1.29, 1.82) is 0 Å². The Morgan fingerprint density at radius 1 is 1.32 bits per heavy atom. The number of amides is 3. The minimum atomic E-state index is -1.38. The molecule has 204 valence electrons. The summed E-state index contributed by atoms with van der Waals surface area (Å²) in [6.45, 7) is 9.67. The molecule has 0 aliphatic carbocycles. The molecule has 1 aliphatic heterocycles. The van der Waals surface area contributed by atoms with Crippen LogP contribution in [0.2, 0.25) is 0 Å². The van der Waals surface area contributed by atoms with Gasteiger partial charge in [-0.3, -0.25) is 4.79 Å². The number of rotatable bonds is 5. The lowest BCUT2D eigenvalue weighted by atomic mass is 10.0. The number of carbonyl (C=O) groups excluding carboxylic acids is 4. The molecular formula is C24H33N3O9S. The Balaban J connectivity index is 2.41. The van der Waals surface area contributed by atoms with Crippen molar-refractivity contribution in [2.75, 3.05) is 26.0 Å². The van der Waals surface area contributed by atoms with Gasteiger partial charge in [0.1, 0.15) is 29.7 Å². The third-order valence-electron chi connectivity index (χ3n) is 4.89. The molecule has 0 radical (unpaired) electrons. The Bertz CT molecular complexity index is 1040. The molecule has 1 heterocycles. The highest BCUT2D eigenvalue weighted by Crippen LogP contribution is 2.35. The van der Waals surface area contributed by atoms with Gasteiger partial charge in [0.25, 0.3) is 0 Å². The standard InChI is InChI=1S/C24H33N3O9S/c1-7-8-25-22(31)35-18-12-37-11-14-16(28)9-17(33-6)13(2)19(14)21(30)34-10-15(20(29)27-18)26-23(32)36-24(3,4)5/h7,9,15,18,28H,1,8,10-12H2,2-6H3,(H,25,31)(H,26,32)(H,27,29)/t15-,18+/m0/s1. The Kier molecular flexibility index (Phi) is 10.5. The van der Waals surface area contributed by atoms with Crippen molar-refractivity contribution < 1.29 is 43.2 Å². The molecule has 0 unspecified atom stereocenters. The van der Waals surface area contributed by atoms with Crippen molar-refractivity contribution in [2.45, 2.75) is 51.3 Å². The van der Waals surface area contributed by atoms with E-state index in [0.717, 1.165) is 0 Å². The van der Waals surface area contributed by atoms with E-state index >= 15 is 0 Å². The Morgan fingerprint density at radius 2 is 2.03 bits per heavy atom. The molecule has 0 aromatic heterocycles. The van der Waals surface area contributed by atoms with Crippen molar-refractivity contribution in [3.05, 3.63) is 35.4 Å². The van der Waals surface area contributed by atoms with E-state index in [2.05, 4.69) is 22.5 Å². The van der Waals surface area contributed by atoms with E-state index in [0.29, 0.717) is 5.56 Å². The fraction of sp³-hybridized carbons (Fsp3) is 0.500. The monoisotopic (exact) mass is 539 g/mol. The first kappa shape index (κ1) is 29.6. The largest absolute Gasteiger partial charge is 0.507 e. The molecule has 37 heavy (non-hydrogen) atoms. The molecule has 2 atom stereocenters. The molecule has 0 fully saturated rings. The average molecular weight is 540 g/mol. The number of ether oxygens (including phenoxy) is 4. The summed E-state index contributed by atoms with van der Waals surface area (Å²) < 4.78 is 21.2. The second-order valence-electron chi connectivity index (χ2n) is 8.96. The fourth-order valence-electron chi connectivity index (χ4n) is 3.25. The number of thioether (sulfide) groups is 1. The van der Waals surface area contributed by atoms with Crippen LogP contribution in [0, 0.1) is 6.92 Å². The fourth-order valence-corrected chi connectivity index (χ4v) is 4.23. The SMILES string of the molecule is C=CCNC(=O)O[C@@H]1CSCc2c(O)cc(OC)c(C)c2C(=O)OC[C@H](NC(=O)OC(C)(C)C)C(=O)N1. The molecule has 0 spiro atoms. The molecule has 3 amide bonds. The van der Waals surface area contributed by atoms with Crippen molar-refractivity contribution in [3.8, 4) is 11.5 Å². The number of cyclic esters (lactones) is 1. The lowest BCUT2D eigenvalue weighted by Gasteiger charge is -2.26. The smallest absolute Gasteiger partial charge is 0.409 e. The number of fused-ring (bicyclic) bond motifs is 1. The van der Waals surface area contributed by atoms with Gasteiger partial charge < -0.3 is 40.0 Å². The number of phenols is 1. The first-order valence-electron chi connectivity index (χ1n) is 11.4. The minimum absolute atomic E-state index is 0.0609. The van der Waals surface area contributed by atoms with Gasteiger partial charge in [0.2, 0.25) is 5.91 Å². The Hall–Kier alpha value is -3.61. The van der Waals surface area contributed by atoms with Crippen molar-refractivity contribution in [2.24, 2.45) is 0 Å². The van der Waals surface area contributed by atoms with Gasteiger partial charge >= 0.3 is 18.2 Å². The maximum Gasteiger partial charge on any atom is 0.409 e. The lowest BCUT2D eigenvalue weighted by molar-refractivity contribution is -0.126. The van der Waals surface area contributed by atoms with Crippen molar-refractivity contribution in [3.63, 3.8) is 0 Å². The van der Waals surface area contributed by atoms with Crippen LogP contribution in [-0.2, 0) is 24.8 Å². The molecule has 1 aliphatic rings. The van der Waals surface area contributed by atoms with E-state index in [1.807, 2.05) is 0 Å². The van der Waals surface area contributed by atoms with Crippen LogP contribution in [0.25, 0.3) is 0 Å². The molecule has 0 saturated carbocycles. The summed E-state index contributed by atoms with van der Waals surface area (Å²) in [5.74, 6) is -1.31. The average Bonchev–Trinajstić information content (AvgIpc) is 2.80. The van der Waals surface area contributed by atoms with Gasteiger partial charge in [-0.05, 0) is 27.7 Å². The second kappa shape index (κ2) is 13.1. The van der Waals surface area contributed by atoms with Crippen LogP contribution in [0.1, 0.15) is 42.3 Å². The zero-order valence-corrected chi connectivity index (χ0v) is 22.3. The molecular weight excluding hydrogens is 506 g/mol. The number of methoxy groups -OCH3 is 1. The van der Waals surface area contributed by atoms with Crippen LogP contribution in [-0.4, -0.2) is 73.1 Å². The van der Waals surface area contributed by atoms with Gasteiger partial charge in [0.15, 0.2) is 6.23 Å². The van der Waals surface area contributed by atoms with E-state index < -0.39 is 48.5 Å². The highest BCUT2D eigenvalue weighted by molar-refractivity contribution is 7.98. The quantitative estimate of drug-likeness (QED) is 0.248. The zero-order valence-electron chi connectivity index (χ0n) is 21.5. The Labute approximate surface area is 219 Å². The highest BCUT2D eigenvalue weighted by atomic mass is 32.2. The number of benzene rings is 1. The minimum Gasteiger partial charge on any atom is -0.507 e. The molecule has 1 aromatic carbocycles. The number of esters is 1. The summed E-state index contributed by atoms with van der Waals surface area (Å²) in [5, 5.41) is 18.0. The predicted octanol–water partition coefficient (Wildman–Crippen LogP) is 2.36. The normalized spacial score (nSPS) is 18.5. The third kappa shape index (κ3) is 8.77. The third-order valence-corrected chi connectivity index (χ3v) is 5.93. The molecule has 4 N–H and O–H groups in total. The van der Waals surface area contributed by atoms with Crippen molar-refractivity contribution in [1.82, 2.24) is 16.0 Å². The first-order chi connectivity index (χ1) is 17.4. The van der Waals surface area contributed by atoms with Crippen LogP contribution < -0.4 is 20.7 Å². The molecule has 1 aromatic rings. The van der Waals surface area contributed by atoms with Gasteiger partial charge in [-0.2, -0.15) is 11.8 Å². The predicted molar refractivity (Wildman–Crippen MR) is 136 cm³/mol. The summed E-state index contributed by atoms with van der Waals surface area (Å²) in [4.78, 5) is 50.6. The molecule has 0 saturated heterocycles. The summed E-state index contributed by atoms with van der Waals surface area (Å²) >= 11 is 1.19. The summed E-state index contributed by atoms with van der Waals surface area (Å²) in [7, 11) is 1.40. The first-order valence-corrected chi connectivity index (χ1v) is 12.5. The summed E-state index contributed by atoms with van der Waals surface area (Å²) in [6, 6.07) is 0.00712. The van der Waals surface area contributed by atoms with Crippen LogP contribution in [0.5, 0.6) is 11.5 Å². The summed E-state index contributed by atoms with van der Waals surface area (Å²) in [5.41, 5.74) is -0.0666.